The monoisotopic (exact) mass is 656 g/mol. The maximum atomic E-state index is 6.48. The molecule has 0 unspecified atom stereocenters. The Morgan fingerprint density at radius 1 is 1.46 bits per heavy atom. The molecule has 0 radical (unpaired) electrons. The van der Waals surface area contributed by atoms with E-state index in [1.165, 1.54) is 11.5 Å². The fraction of sp³-hybridized carbons (Fsp3) is 0.421. The van der Waals surface area contributed by atoms with E-state index in [2.05, 4.69) is 82.8 Å². The number of hydrogen-bond acceptors (Lipinski definition) is 3. The van der Waals surface area contributed by atoms with Crippen molar-refractivity contribution in [2.24, 2.45) is 10.4 Å². The molecule has 3 nitrogen and oxygen atoms in total. The Bertz CT molecular complexity index is 1020. The summed E-state index contributed by atoms with van der Waals surface area (Å²) in [6.07, 6.45) is 7.35. The van der Waals surface area contributed by atoms with Gasteiger partial charge in [0.1, 0.15) is 5.82 Å². The first-order valence-corrected chi connectivity index (χ1v) is 16.5. The van der Waals surface area contributed by atoms with Crippen molar-refractivity contribution in [1.82, 2.24) is 8.94 Å². The molecule has 0 saturated carbocycles. The first-order chi connectivity index (χ1) is 13.0. The van der Waals surface area contributed by atoms with Crippen LogP contribution in [-0.2, 0) is 25.2 Å². The zero-order chi connectivity index (χ0) is 21.3. The molecule has 0 N–H and O–H groups in total. The summed E-state index contributed by atoms with van der Waals surface area (Å²) in [5.74, 6) is 1.14. The van der Waals surface area contributed by atoms with Gasteiger partial charge in [-0.05, 0) is 55.0 Å². The third-order valence-electron chi connectivity index (χ3n) is 4.38. The first-order valence-electron chi connectivity index (χ1n) is 8.55. The van der Waals surface area contributed by atoms with Gasteiger partial charge in [-0.25, -0.2) is 4.99 Å². The van der Waals surface area contributed by atoms with E-state index >= 15 is 0 Å². The third kappa shape index (κ3) is 6.07. The van der Waals surface area contributed by atoms with Gasteiger partial charge in [0.25, 0.3) is 0 Å². The Morgan fingerprint density at radius 3 is 2.71 bits per heavy atom. The van der Waals surface area contributed by atoms with E-state index in [0.29, 0.717) is 0 Å². The molecule has 1 aliphatic rings. The molecule has 0 amide bonds. The van der Waals surface area contributed by atoms with Gasteiger partial charge < -0.3 is 4.57 Å². The van der Waals surface area contributed by atoms with Gasteiger partial charge in [-0.15, -0.1) is 0 Å². The number of hydrogen-bond donors (Lipinski definition) is 0. The van der Waals surface area contributed by atoms with Crippen LogP contribution in [0.25, 0.3) is 6.08 Å². The van der Waals surface area contributed by atoms with Gasteiger partial charge in [-0.3, -0.25) is 0 Å². The van der Waals surface area contributed by atoms with Gasteiger partial charge in [0.05, 0.1) is 5.69 Å². The van der Waals surface area contributed by atoms with Crippen LogP contribution in [0.15, 0.2) is 21.3 Å². The number of halogens is 3. The molecule has 0 fully saturated rings. The van der Waals surface area contributed by atoms with Gasteiger partial charge in [0, 0.05) is 33.7 Å². The molecule has 0 saturated heterocycles. The minimum absolute atomic E-state index is 0.248. The Labute approximate surface area is 204 Å². The molecule has 28 heavy (non-hydrogen) atoms. The molecule has 0 bridgehead atoms. The topological polar surface area (TPSA) is 30.2 Å². The van der Waals surface area contributed by atoms with Crippen LogP contribution in [0, 0.1) is 12.3 Å². The van der Waals surface area contributed by atoms with Crippen molar-refractivity contribution >= 4 is 84.5 Å². The SMILES string of the molecule is C=P(C)(C)C(Br)=Cc1cc(N=c2snc3n2CC(C)(C)C3)c(C)cc1Cl.[Ni][I]. The number of rotatable bonds is 3. The summed E-state index contributed by atoms with van der Waals surface area (Å²) in [6.45, 7) is 10.5. The first kappa shape index (κ1) is 24.9. The Morgan fingerprint density at radius 2 is 2.11 bits per heavy atom. The minimum atomic E-state index is -1.37. The summed E-state index contributed by atoms with van der Waals surface area (Å²) in [7, 11) is 0. The number of benzene rings is 1. The predicted octanol–water partition coefficient (Wildman–Crippen LogP) is 7.01. The fourth-order valence-electron chi connectivity index (χ4n) is 2.90. The fourth-order valence-corrected chi connectivity index (χ4v) is 4.66. The molecule has 1 aromatic carbocycles. The van der Waals surface area contributed by atoms with E-state index in [4.69, 9.17) is 16.6 Å². The van der Waals surface area contributed by atoms with Crippen LogP contribution in [0.4, 0.5) is 5.69 Å². The van der Waals surface area contributed by atoms with Crippen molar-refractivity contribution in [3.8, 4) is 0 Å². The molecule has 3 rings (SSSR count). The van der Waals surface area contributed by atoms with E-state index in [0.717, 1.165) is 49.7 Å². The van der Waals surface area contributed by atoms with Gasteiger partial charge in [0.2, 0.25) is 4.80 Å². The third-order valence-corrected chi connectivity index (χ3v) is 9.88. The zero-order valence-electron chi connectivity index (χ0n) is 16.5. The van der Waals surface area contributed by atoms with Crippen LogP contribution in [-0.4, -0.2) is 28.6 Å². The summed E-state index contributed by atoms with van der Waals surface area (Å²) in [5, 5.41) is 0.732. The number of nitrogens with zero attached hydrogens (tertiary/aromatic N) is 3. The van der Waals surface area contributed by atoms with E-state index < -0.39 is 6.89 Å². The molecular formula is C19H24BrClIN3NiPS. The number of fused-ring (bicyclic) bond motifs is 1. The molecule has 157 valence electrons. The zero-order valence-corrected chi connectivity index (χ0v) is 23.7. The second kappa shape index (κ2) is 9.83. The van der Waals surface area contributed by atoms with Crippen molar-refractivity contribution in [3.63, 3.8) is 0 Å². The molecule has 2 heterocycles. The van der Waals surface area contributed by atoms with Crippen LogP contribution in [0.5, 0.6) is 0 Å². The van der Waals surface area contributed by atoms with E-state index in [1.54, 1.807) is 20.5 Å². The van der Waals surface area contributed by atoms with E-state index in [9.17, 15) is 0 Å². The molecule has 9 heteroatoms. The standard InChI is InChI=1S/C19H24BrClN3PS.HI.Ni/c1-12-7-14(21)13(9-16(20)25(4,5)6)8-15(12)22-18-24-11-19(2,3)10-17(24)23-26-18;;/h7-9H,4,10-11H2,1-3,5-6H3;1H;/q;;+1/p-1. The van der Waals surface area contributed by atoms with Crippen LogP contribution in [0.3, 0.4) is 0 Å². The molecule has 1 aliphatic heterocycles. The van der Waals surface area contributed by atoms with Crippen LogP contribution in [0.2, 0.25) is 5.02 Å². The van der Waals surface area contributed by atoms with Crippen LogP contribution >= 0.6 is 66.4 Å². The molecule has 1 aromatic heterocycles. The van der Waals surface area contributed by atoms with Crippen LogP contribution in [0.1, 0.15) is 30.8 Å². The summed E-state index contributed by atoms with van der Waals surface area (Å²) < 4.78 is 7.95. The van der Waals surface area contributed by atoms with Crippen molar-refractivity contribution in [3.05, 3.63) is 43.1 Å². The predicted molar refractivity (Wildman–Crippen MR) is 136 cm³/mol. The van der Waals surface area contributed by atoms with Gasteiger partial charge >= 0.3 is 32.8 Å². The average Bonchev–Trinajstić information content (AvgIpc) is 3.08. The summed E-state index contributed by atoms with van der Waals surface area (Å²) in [5.41, 5.74) is 3.21. The van der Waals surface area contributed by atoms with Crippen molar-refractivity contribution in [1.29, 1.82) is 0 Å². The van der Waals surface area contributed by atoms with Crippen molar-refractivity contribution in [2.75, 3.05) is 13.3 Å². The molecule has 2 aromatic rings. The Hall–Kier alpha value is 0.614. The van der Waals surface area contributed by atoms with Gasteiger partial charge in [0.15, 0.2) is 0 Å². The summed E-state index contributed by atoms with van der Waals surface area (Å²) in [6, 6.07) is 4.04. The van der Waals surface area contributed by atoms with Gasteiger partial charge in [-0.2, -0.15) is 4.37 Å². The average molecular weight is 658 g/mol. The summed E-state index contributed by atoms with van der Waals surface area (Å²) in [4.78, 5) is 5.87. The molecule has 0 atom stereocenters. The molecule has 0 aliphatic carbocycles. The second-order valence-electron chi connectivity index (χ2n) is 8.23. The van der Waals surface area contributed by atoms with Gasteiger partial charge in [-0.1, -0.05) is 54.6 Å². The van der Waals surface area contributed by atoms with Crippen molar-refractivity contribution in [2.45, 2.75) is 33.7 Å². The van der Waals surface area contributed by atoms with E-state index in [-0.39, 0.29) is 5.41 Å². The Kier molecular flexibility index (Phi) is 8.73. The number of aromatic nitrogens is 2. The second-order valence-corrected chi connectivity index (χ2v) is 14.7. The van der Waals surface area contributed by atoms with E-state index in [1.807, 2.05) is 13.0 Å². The van der Waals surface area contributed by atoms with Crippen molar-refractivity contribution < 1.29 is 12.3 Å². The molecule has 0 spiro atoms. The summed E-state index contributed by atoms with van der Waals surface area (Å²) >= 11 is 17.2. The quantitative estimate of drug-likeness (QED) is 0.199. The van der Waals surface area contributed by atoms with Crippen LogP contribution < -0.4 is 4.80 Å². The normalized spacial score (nSPS) is 16.6. The number of aryl methyl sites for hydroxylation is 1. The maximum absolute atomic E-state index is 6.48. The Balaban J connectivity index is 0.00000136. The molecular weight excluding hydrogens is 634 g/mol.